The van der Waals surface area contributed by atoms with Crippen molar-refractivity contribution < 1.29 is 23.9 Å². The number of hydrogen-bond acceptors (Lipinski definition) is 6. The first-order valence-electron chi connectivity index (χ1n) is 8.33. The molecular weight excluding hydrogens is 352 g/mol. The van der Waals surface area contributed by atoms with Crippen LogP contribution in [-0.2, 0) is 9.59 Å². The number of rotatable bonds is 3. The maximum absolute atomic E-state index is 12.3. The van der Waals surface area contributed by atoms with Crippen molar-refractivity contribution in [3.05, 3.63) is 48.3 Å². The van der Waals surface area contributed by atoms with Crippen molar-refractivity contribution >= 4 is 23.4 Å². The fraction of sp³-hybridized carbons (Fsp3) is 0.222. The van der Waals surface area contributed by atoms with Crippen LogP contribution in [0.4, 0.5) is 5.69 Å². The molecule has 1 atom stereocenters. The molecule has 3 heterocycles. The van der Waals surface area contributed by atoms with Crippen LogP contribution in [-0.4, -0.2) is 36.0 Å². The van der Waals surface area contributed by atoms with E-state index in [-0.39, 0.29) is 31.4 Å². The molecule has 9 heteroatoms. The number of amides is 3. The minimum Gasteiger partial charge on any atom is -0.454 e. The summed E-state index contributed by atoms with van der Waals surface area (Å²) in [5, 5.41) is 0. The zero-order valence-corrected chi connectivity index (χ0v) is 14.2. The molecule has 2 aromatic rings. The smallest absolute Gasteiger partial charge is 0.288 e. The molecule has 1 fully saturated rings. The maximum atomic E-state index is 12.3. The first kappa shape index (κ1) is 16.8. The Balaban J connectivity index is 1.37. The number of carbonyl (C=O) groups excluding carboxylic acids is 3. The van der Waals surface area contributed by atoms with Gasteiger partial charge >= 0.3 is 0 Å². The minimum atomic E-state index is -0.577. The number of carbonyl (C=O) groups is 3. The lowest BCUT2D eigenvalue weighted by molar-refractivity contribution is -0.126. The zero-order chi connectivity index (χ0) is 18.8. The predicted molar refractivity (Wildman–Crippen MR) is 92.9 cm³/mol. The van der Waals surface area contributed by atoms with Gasteiger partial charge in [0.2, 0.25) is 18.6 Å². The summed E-state index contributed by atoms with van der Waals surface area (Å²) in [6, 6.07) is 10.1. The fourth-order valence-corrected chi connectivity index (χ4v) is 2.97. The van der Waals surface area contributed by atoms with E-state index in [0.29, 0.717) is 17.2 Å². The molecule has 9 nitrogen and oxygen atoms in total. The largest absolute Gasteiger partial charge is 0.454 e. The zero-order valence-electron chi connectivity index (χ0n) is 14.2. The summed E-state index contributed by atoms with van der Waals surface area (Å²) in [4.78, 5) is 42.0. The van der Waals surface area contributed by atoms with E-state index in [4.69, 9.17) is 9.47 Å². The summed E-state index contributed by atoms with van der Waals surface area (Å²) in [5.41, 5.74) is 5.49. The summed E-state index contributed by atoms with van der Waals surface area (Å²) < 4.78 is 10.6. The monoisotopic (exact) mass is 368 g/mol. The van der Waals surface area contributed by atoms with Crippen LogP contribution in [0.25, 0.3) is 0 Å². The molecule has 0 saturated carbocycles. The molecule has 1 unspecified atom stereocenters. The van der Waals surface area contributed by atoms with E-state index in [9.17, 15) is 14.4 Å². The number of aromatic nitrogens is 1. The number of fused-ring (bicyclic) bond motifs is 1. The third-order valence-electron chi connectivity index (χ3n) is 4.36. The molecule has 0 aliphatic carbocycles. The second-order valence-corrected chi connectivity index (χ2v) is 6.10. The second-order valence-electron chi connectivity index (χ2n) is 6.10. The summed E-state index contributed by atoms with van der Waals surface area (Å²) in [5.74, 6) is -0.526. The Kier molecular flexibility index (Phi) is 4.33. The predicted octanol–water partition coefficient (Wildman–Crippen LogP) is 0.624. The highest BCUT2D eigenvalue weighted by Gasteiger charge is 2.36. The maximum Gasteiger partial charge on any atom is 0.288 e. The van der Waals surface area contributed by atoms with Gasteiger partial charge in [-0.15, -0.1) is 0 Å². The van der Waals surface area contributed by atoms with E-state index in [2.05, 4.69) is 15.8 Å². The van der Waals surface area contributed by atoms with Crippen LogP contribution in [0.2, 0.25) is 0 Å². The molecular formula is C18H16N4O5. The Morgan fingerprint density at radius 3 is 2.78 bits per heavy atom. The van der Waals surface area contributed by atoms with Gasteiger partial charge in [0.25, 0.3) is 5.91 Å². The fourth-order valence-electron chi connectivity index (χ4n) is 2.97. The lowest BCUT2D eigenvalue weighted by Crippen LogP contribution is -2.45. The van der Waals surface area contributed by atoms with Crippen LogP contribution in [0.15, 0.2) is 42.6 Å². The number of nitrogens with zero attached hydrogens (tertiary/aromatic N) is 2. The van der Waals surface area contributed by atoms with Crippen LogP contribution in [0.3, 0.4) is 0 Å². The molecule has 0 bridgehead atoms. The van der Waals surface area contributed by atoms with Crippen LogP contribution >= 0.6 is 0 Å². The summed E-state index contributed by atoms with van der Waals surface area (Å²) >= 11 is 0. The molecule has 138 valence electrons. The minimum absolute atomic E-state index is 0.0553. The van der Waals surface area contributed by atoms with Crippen molar-refractivity contribution in [2.75, 3.05) is 18.2 Å². The second kappa shape index (κ2) is 6.94. The SMILES string of the molecule is O=C(NNC(=O)C1CC(=O)N(c2ccc3c(c2)OCO3)C1)c1ccccn1. The summed E-state index contributed by atoms with van der Waals surface area (Å²) in [6.45, 7) is 0.359. The molecule has 0 radical (unpaired) electrons. The Morgan fingerprint density at radius 2 is 1.96 bits per heavy atom. The third kappa shape index (κ3) is 3.39. The number of hydrazine groups is 1. The molecule has 1 aromatic carbocycles. The van der Waals surface area contributed by atoms with Gasteiger partial charge < -0.3 is 14.4 Å². The molecule has 4 rings (SSSR count). The van der Waals surface area contributed by atoms with Crippen molar-refractivity contribution in [3.63, 3.8) is 0 Å². The Labute approximate surface area is 154 Å². The summed E-state index contributed by atoms with van der Waals surface area (Å²) in [6.07, 6.45) is 1.54. The molecule has 27 heavy (non-hydrogen) atoms. The van der Waals surface area contributed by atoms with Crippen molar-refractivity contribution in [1.29, 1.82) is 0 Å². The Morgan fingerprint density at radius 1 is 1.11 bits per heavy atom. The first-order valence-corrected chi connectivity index (χ1v) is 8.33. The van der Waals surface area contributed by atoms with Crippen molar-refractivity contribution in [2.45, 2.75) is 6.42 Å². The molecule has 2 aliphatic rings. The topological polar surface area (TPSA) is 110 Å². The van der Waals surface area contributed by atoms with E-state index < -0.39 is 17.7 Å². The van der Waals surface area contributed by atoms with E-state index in [1.807, 2.05) is 0 Å². The standard InChI is InChI=1S/C18H16N4O5/c23-16-7-11(17(24)20-21-18(25)13-3-1-2-6-19-13)9-22(16)12-4-5-14-15(8-12)27-10-26-14/h1-6,8,11H,7,9-10H2,(H,20,24)(H,21,25). The molecule has 2 N–H and O–H groups in total. The van der Waals surface area contributed by atoms with Gasteiger partial charge in [-0.3, -0.25) is 30.2 Å². The number of hydrogen-bond donors (Lipinski definition) is 2. The van der Waals surface area contributed by atoms with Crippen molar-refractivity contribution in [1.82, 2.24) is 15.8 Å². The Bertz CT molecular complexity index is 902. The van der Waals surface area contributed by atoms with Gasteiger partial charge in [0.1, 0.15) is 5.69 Å². The van der Waals surface area contributed by atoms with E-state index in [0.717, 1.165) is 0 Å². The van der Waals surface area contributed by atoms with Gasteiger partial charge in [0, 0.05) is 30.9 Å². The third-order valence-corrected chi connectivity index (χ3v) is 4.36. The number of ether oxygens (including phenoxy) is 2. The molecule has 3 amide bonds. The van der Waals surface area contributed by atoms with Crippen LogP contribution < -0.4 is 25.2 Å². The molecule has 2 aliphatic heterocycles. The van der Waals surface area contributed by atoms with Gasteiger partial charge in [-0.2, -0.15) is 0 Å². The van der Waals surface area contributed by atoms with Gasteiger partial charge in [-0.25, -0.2) is 0 Å². The van der Waals surface area contributed by atoms with E-state index >= 15 is 0 Å². The lowest BCUT2D eigenvalue weighted by atomic mass is 10.1. The molecule has 1 aromatic heterocycles. The highest BCUT2D eigenvalue weighted by atomic mass is 16.7. The van der Waals surface area contributed by atoms with Gasteiger partial charge in [0.15, 0.2) is 11.5 Å². The van der Waals surface area contributed by atoms with Crippen LogP contribution in [0.5, 0.6) is 11.5 Å². The van der Waals surface area contributed by atoms with Crippen LogP contribution in [0.1, 0.15) is 16.9 Å². The van der Waals surface area contributed by atoms with E-state index in [1.165, 1.54) is 17.2 Å². The van der Waals surface area contributed by atoms with Crippen molar-refractivity contribution in [2.24, 2.45) is 5.92 Å². The van der Waals surface area contributed by atoms with Gasteiger partial charge in [-0.05, 0) is 24.3 Å². The quantitative estimate of drug-likeness (QED) is 0.769. The average molecular weight is 368 g/mol. The normalized spacial score (nSPS) is 17.7. The van der Waals surface area contributed by atoms with Crippen LogP contribution in [0, 0.1) is 5.92 Å². The van der Waals surface area contributed by atoms with E-state index in [1.54, 1.807) is 30.3 Å². The highest BCUT2D eigenvalue weighted by molar-refractivity contribution is 6.01. The molecule has 1 saturated heterocycles. The molecule has 0 spiro atoms. The number of anilines is 1. The number of pyridine rings is 1. The highest BCUT2D eigenvalue weighted by Crippen LogP contribution is 2.37. The van der Waals surface area contributed by atoms with Crippen molar-refractivity contribution in [3.8, 4) is 11.5 Å². The number of nitrogens with one attached hydrogen (secondary N) is 2. The lowest BCUT2D eigenvalue weighted by Gasteiger charge is -2.17. The Hall–Kier alpha value is -3.62. The first-order chi connectivity index (χ1) is 13.1. The summed E-state index contributed by atoms with van der Waals surface area (Å²) in [7, 11) is 0. The van der Waals surface area contributed by atoms with Gasteiger partial charge in [0.05, 0.1) is 5.92 Å². The number of benzene rings is 1. The van der Waals surface area contributed by atoms with Gasteiger partial charge in [-0.1, -0.05) is 6.07 Å². The average Bonchev–Trinajstić information content (AvgIpc) is 3.32.